The van der Waals surface area contributed by atoms with Gasteiger partial charge in [0.05, 0.1) is 5.75 Å². The Morgan fingerprint density at radius 2 is 2.12 bits per heavy atom. The van der Waals surface area contributed by atoms with Crippen LogP contribution in [-0.4, -0.2) is 22.7 Å². The summed E-state index contributed by atoms with van der Waals surface area (Å²) >= 11 is 3.46. The molecule has 17 heavy (non-hydrogen) atoms. The third-order valence-corrected chi connectivity index (χ3v) is 5.51. The Morgan fingerprint density at radius 3 is 2.76 bits per heavy atom. The Bertz CT molecular complexity index is 399. The third kappa shape index (κ3) is 3.30. The van der Waals surface area contributed by atoms with Crippen molar-refractivity contribution in [1.29, 1.82) is 0 Å². The molecule has 1 heterocycles. The van der Waals surface area contributed by atoms with Crippen molar-refractivity contribution in [2.75, 3.05) is 18.9 Å². The van der Waals surface area contributed by atoms with E-state index in [2.05, 4.69) is 15.9 Å². The van der Waals surface area contributed by atoms with Crippen LogP contribution in [0.4, 0.5) is 5.69 Å². The quantitative estimate of drug-likeness (QED) is 0.871. The summed E-state index contributed by atoms with van der Waals surface area (Å²) in [5.74, 6) is 0.526. The first-order valence-corrected chi connectivity index (χ1v) is 7.84. The molecule has 1 unspecified atom stereocenters. The highest BCUT2D eigenvalue weighted by Crippen LogP contribution is 2.26. The highest BCUT2D eigenvalue weighted by molar-refractivity contribution is 9.10. The van der Waals surface area contributed by atoms with Gasteiger partial charge < -0.3 is 10.5 Å². The molecule has 0 bridgehead atoms. The van der Waals surface area contributed by atoms with Crippen molar-refractivity contribution < 1.29 is 8.95 Å². The van der Waals surface area contributed by atoms with Crippen LogP contribution in [0, 0.1) is 0 Å². The van der Waals surface area contributed by atoms with E-state index in [1.165, 1.54) is 0 Å². The molecule has 1 aromatic carbocycles. The molecule has 0 spiro atoms. The molecule has 0 saturated carbocycles. The van der Waals surface area contributed by atoms with Crippen molar-refractivity contribution in [3.63, 3.8) is 0 Å². The van der Waals surface area contributed by atoms with Crippen LogP contribution in [0.1, 0.15) is 18.4 Å². The molecule has 1 aromatic rings. The zero-order valence-corrected chi connectivity index (χ0v) is 11.9. The number of anilines is 1. The molecule has 0 aliphatic carbocycles. The monoisotopic (exact) mass is 317 g/mol. The van der Waals surface area contributed by atoms with Crippen LogP contribution >= 0.6 is 15.9 Å². The standard InChI is InChI=1S/C12H16BrNO2S/c13-11-2-1-3-12(14)10(11)8-17(15)9-4-6-16-7-5-9/h1-3,9H,4-8,14H2. The molecule has 0 radical (unpaired) electrons. The topological polar surface area (TPSA) is 52.3 Å². The molecule has 5 heteroatoms. The molecule has 0 aromatic heterocycles. The zero-order chi connectivity index (χ0) is 12.3. The molecule has 1 aliphatic heterocycles. The number of hydrogen-bond donors (Lipinski definition) is 1. The third-order valence-electron chi connectivity index (χ3n) is 2.98. The van der Waals surface area contributed by atoms with Crippen molar-refractivity contribution in [2.24, 2.45) is 0 Å². The second kappa shape index (κ2) is 5.98. The van der Waals surface area contributed by atoms with Crippen LogP contribution in [0.15, 0.2) is 22.7 Å². The molecular formula is C12H16BrNO2S. The van der Waals surface area contributed by atoms with Gasteiger partial charge in [-0.2, -0.15) is 0 Å². The molecule has 2 rings (SSSR count). The summed E-state index contributed by atoms with van der Waals surface area (Å²) < 4.78 is 18.5. The van der Waals surface area contributed by atoms with Crippen molar-refractivity contribution in [3.8, 4) is 0 Å². The van der Waals surface area contributed by atoms with Crippen molar-refractivity contribution in [1.82, 2.24) is 0 Å². The van der Waals surface area contributed by atoms with Gasteiger partial charge in [-0.15, -0.1) is 0 Å². The van der Waals surface area contributed by atoms with Gasteiger partial charge in [-0.05, 0) is 25.0 Å². The lowest BCUT2D eigenvalue weighted by Crippen LogP contribution is -2.25. The fraction of sp³-hybridized carbons (Fsp3) is 0.500. The van der Waals surface area contributed by atoms with E-state index in [1.807, 2.05) is 18.2 Å². The number of nitrogen functional groups attached to an aromatic ring is 1. The fourth-order valence-corrected chi connectivity index (χ4v) is 4.19. The normalized spacial score (nSPS) is 19.1. The van der Waals surface area contributed by atoms with Crippen LogP contribution < -0.4 is 5.73 Å². The maximum absolute atomic E-state index is 12.3. The molecule has 94 valence electrons. The van der Waals surface area contributed by atoms with E-state index in [0.717, 1.165) is 36.1 Å². The molecule has 0 amide bonds. The van der Waals surface area contributed by atoms with Gasteiger partial charge in [0, 0.05) is 45.0 Å². The molecule has 3 nitrogen and oxygen atoms in total. The lowest BCUT2D eigenvalue weighted by atomic mass is 10.2. The maximum Gasteiger partial charge on any atom is 0.0520 e. The lowest BCUT2D eigenvalue weighted by Gasteiger charge is -2.21. The summed E-state index contributed by atoms with van der Waals surface area (Å²) in [5.41, 5.74) is 7.57. The van der Waals surface area contributed by atoms with E-state index >= 15 is 0 Å². The predicted molar refractivity (Wildman–Crippen MR) is 74.2 cm³/mol. The summed E-state index contributed by atoms with van der Waals surface area (Å²) in [5, 5.41) is 0.246. The van der Waals surface area contributed by atoms with Gasteiger partial charge in [0.15, 0.2) is 0 Å². The van der Waals surface area contributed by atoms with Gasteiger partial charge in [0.2, 0.25) is 0 Å². The Balaban J connectivity index is 2.07. The smallest absolute Gasteiger partial charge is 0.0520 e. The van der Waals surface area contributed by atoms with Crippen LogP contribution in [0.2, 0.25) is 0 Å². The van der Waals surface area contributed by atoms with E-state index in [9.17, 15) is 4.21 Å². The van der Waals surface area contributed by atoms with Crippen LogP contribution in [-0.2, 0) is 21.3 Å². The average Bonchev–Trinajstić information content (AvgIpc) is 2.35. The molecule has 1 saturated heterocycles. The van der Waals surface area contributed by atoms with Crippen LogP contribution in [0.5, 0.6) is 0 Å². The van der Waals surface area contributed by atoms with Crippen molar-refractivity contribution in [2.45, 2.75) is 23.8 Å². The van der Waals surface area contributed by atoms with Crippen molar-refractivity contribution >= 4 is 32.4 Å². The first kappa shape index (κ1) is 13.1. The second-order valence-corrected chi connectivity index (χ2v) is 6.72. The summed E-state index contributed by atoms with van der Waals surface area (Å²) in [6.07, 6.45) is 1.77. The summed E-state index contributed by atoms with van der Waals surface area (Å²) in [6, 6.07) is 5.68. The highest BCUT2D eigenvalue weighted by atomic mass is 79.9. The number of hydrogen-bond acceptors (Lipinski definition) is 3. The molecule has 1 aliphatic rings. The first-order chi connectivity index (χ1) is 8.18. The van der Waals surface area contributed by atoms with Gasteiger partial charge in [-0.3, -0.25) is 4.21 Å². The highest BCUT2D eigenvalue weighted by Gasteiger charge is 2.21. The number of benzene rings is 1. The number of rotatable bonds is 3. The van der Waals surface area contributed by atoms with E-state index in [1.54, 1.807) is 0 Å². The Kier molecular flexibility index (Phi) is 4.59. The molecule has 1 atom stereocenters. The minimum atomic E-state index is -0.868. The summed E-state index contributed by atoms with van der Waals surface area (Å²) in [4.78, 5) is 0. The predicted octanol–water partition coefficient (Wildman–Crippen LogP) is 2.46. The fourth-order valence-electron chi connectivity index (χ4n) is 1.93. The van der Waals surface area contributed by atoms with E-state index in [4.69, 9.17) is 10.5 Å². The van der Waals surface area contributed by atoms with E-state index < -0.39 is 10.8 Å². The summed E-state index contributed by atoms with van der Waals surface area (Å²) in [6.45, 7) is 1.45. The Morgan fingerprint density at radius 1 is 1.41 bits per heavy atom. The number of nitrogens with two attached hydrogens (primary N) is 1. The SMILES string of the molecule is Nc1cccc(Br)c1CS(=O)C1CCOCC1. The van der Waals surface area contributed by atoms with Gasteiger partial charge in [0.25, 0.3) is 0 Å². The van der Waals surface area contributed by atoms with Crippen molar-refractivity contribution in [3.05, 3.63) is 28.2 Å². The zero-order valence-electron chi connectivity index (χ0n) is 9.52. The molecular weight excluding hydrogens is 302 g/mol. The summed E-state index contributed by atoms with van der Waals surface area (Å²) in [7, 11) is -0.868. The van der Waals surface area contributed by atoms with E-state index in [0.29, 0.717) is 11.4 Å². The van der Waals surface area contributed by atoms with Gasteiger partial charge >= 0.3 is 0 Å². The maximum atomic E-state index is 12.3. The largest absolute Gasteiger partial charge is 0.398 e. The Hall–Kier alpha value is -0.390. The lowest BCUT2D eigenvalue weighted by molar-refractivity contribution is 0.0992. The van der Waals surface area contributed by atoms with Gasteiger partial charge in [-0.1, -0.05) is 22.0 Å². The number of halogens is 1. The second-order valence-electron chi connectivity index (χ2n) is 4.14. The van der Waals surface area contributed by atoms with Gasteiger partial charge in [-0.25, -0.2) is 0 Å². The molecule has 2 N–H and O–H groups in total. The van der Waals surface area contributed by atoms with Crippen LogP contribution in [0.3, 0.4) is 0 Å². The minimum absolute atomic E-state index is 0.246. The first-order valence-electron chi connectivity index (χ1n) is 5.66. The van der Waals surface area contributed by atoms with Gasteiger partial charge in [0.1, 0.15) is 0 Å². The average molecular weight is 318 g/mol. The Labute approximate surface area is 112 Å². The van der Waals surface area contributed by atoms with Crippen LogP contribution in [0.25, 0.3) is 0 Å². The molecule has 1 fully saturated rings. The minimum Gasteiger partial charge on any atom is -0.398 e. The number of ether oxygens (including phenoxy) is 1. The van der Waals surface area contributed by atoms with E-state index in [-0.39, 0.29) is 5.25 Å².